The van der Waals surface area contributed by atoms with E-state index in [1.807, 2.05) is 13.8 Å². The zero-order valence-corrected chi connectivity index (χ0v) is 13.4. The molecule has 0 amide bonds. The maximum Gasteiger partial charge on any atom is 0.244 e. The number of benzene rings is 1. The van der Waals surface area contributed by atoms with E-state index < -0.39 is 21.4 Å². The summed E-state index contributed by atoms with van der Waals surface area (Å²) < 4.78 is 45.8. The number of piperidine rings is 1. The van der Waals surface area contributed by atoms with Gasteiger partial charge in [-0.15, -0.1) is 0 Å². The summed E-state index contributed by atoms with van der Waals surface area (Å²) in [5.41, 5.74) is -0.428. The highest BCUT2D eigenvalue weighted by atomic mass is 32.2. The van der Waals surface area contributed by atoms with Crippen molar-refractivity contribution < 1.29 is 17.5 Å². The lowest BCUT2D eigenvalue weighted by atomic mass is 10.1. The number of nitriles is 1. The molecular weight excluding hydrogens is 307 g/mol. The van der Waals surface area contributed by atoms with Crippen LogP contribution < -0.4 is 0 Å². The summed E-state index contributed by atoms with van der Waals surface area (Å²) in [5, 5.41) is 9.01. The number of sulfonamides is 1. The Hall–Kier alpha value is -1.49. The van der Waals surface area contributed by atoms with Crippen molar-refractivity contribution in [2.75, 3.05) is 13.1 Å². The summed E-state index contributed by atoms with van der Waals surface area (Å²) in [4.78, 5) is -0.266. The van der Waals surface area contributed by atoms with Crippen molar-refractivity contribution in [3.8, 4) is 6.07 Å². The lowest BCUT2D eigenvalue weighted by Gasteiger charge is -2.32. The molecule has 0 saturated carbocycles. The second kappa shape index (κ2) is 6.73. The molecule has 1 aromatic rings. The number of nitrogens with zero attached hydrogens (tertiary/aromatic N) is 2. The molecule has 1 heterocycles. The Labute approximate surface area is 130 Å². The van der Waals surface area contributed by atoms with Gasteiger partial charge in [-0.2, -0.15) is 9.57 Å². The first-order chi connectivity index (χ1) is 10.4. The Balaban J connectivity index is 2.20. The standard InChI is InChI=1S/C15H19FN2O3S/c1-11(2)21-12-6-8-18(9-7-12)22(19,20)15-5-3-4-14(16)13(15)10-17/h3-5,11-12H,6-9H2,1-2H3. The van der Waals surface area contributed by atoms with Crippen LogP contribution >= 0.6 is 0 Å². The molecule has 120 valence electrons. The Bertz CT molecular complexity index is 675. The SMILES string of the molecule is CC(C)OC1CCN(S(=O)(=O)c2cccc(F)c2C#N)CC1. The minimum Gasteiger partial charge on any atom is -0.375 e. The van der Waals surface area contributed by atoms with Crippen LogP contribution in [0.4, 0.5) is 4.39 Å². The normalized spacial score (nSPS) is 17.6. The van der Waals surface area contributed by atoms with Crippen LogP contribution in [0.5, 0.6) is 0 Å². The Morgan fingerprint density at radius 2 is 2.00 bits per heavy atom. The lowest BCUT2D eigenvalue weighted by molar-refractivity contribution is -0.0168. The summed E-state index contributed by atoms with van der Waals surface area (Å²) in [6.07, 6.45) is 1.32. The van der Waals surface area contributed by atoms with Gasteiger partial charge < -0.3 is 4.74 Å². The van der Waals surface area contributed by atoms with Gasteiger partial charge in [-0.05, 0) is 38.8 Å². The third kappa shape index (κ3) is 3.46. The number of hydrogen-bond acceptors (Lipinski definition) is 4. The minimum absolute atomic E-state index is 0.0365. The van der Waals surface area contributed by atoms with E-state index in [2.05, 4.69) is 0 Å². The van der Waals surface area contributed by atoms with Crippen LogP contribution in [0.25, 0.3) is 0 Å². The highest BCUT2D eigenvalue weighted by molar-refractivity contribution is 7.89. The molecule has 0 bridgehead atoms. The monoisotopic (exact) mass is 326 g/mol. The number of rotatable bonds is 4. The van der Waals surface area contributed by atoms with Crippen LogP contribution in [0.1, 0.15) is 32.3 Å². The number of ether oxygens (including phenoxy) is 1. The van der Waals surface area contributed by atoms with Crippen molar-refractivity contribution in [2.45, 2.75) is 43.8 Å². The van der Waals surface area contributed by atoms with Gasteiger partial charge in [0.05, 0.1) is 12.2 Å². The Kier molecular flexibility index (Phi) is 5.16. The van der Waals surface area contributed by atoms with Crippen LogP contribution in [-0.4, -0.2) is 38.0 Å². The van der Waals surface area contributed by atoms with E-state index in [0.717, 1.165) is 6.07 Å². The van der Waals surface area contributed by atoms with Crippen molar-refractivity contribution in [3.63, 3.8) is 0 Å². The topological polar surface area (TPSA) is 70.4 Å². The quantitative estimate of drug-likeness (QED) is 0.851. The van der Waals surface area contributed by atoms with Crippen molar-refractivity contribution >= 4 is 10.0 Å². The summed E-state index contributed by atoms with van der Waals surface area (Å²) in [7, 11) is -3.86. The highest BCUT2D eigenvalue weighted by Crippen LogP contribution is 2.25. The molecule has 5 nitrogen and oxygen atoms in total. The van der Waals surface area contributed by atoms with E-state index >= 15 is 0 Å². The molecule has 0 N–H and O–H groups in total. The first-order valence-corrected chi connectivity index (χ1v) is 8.64. The lowest BCUT2D eigenvalue weighted by Crippen LogP contribution is -2.41. The molecule has 1 aliphatic rings. The fourth-order valence-electron chi connectivity index (χ4n) is 2.56. The first kappa shape index (κ1) is 16.9. The molecule has 1 saturated heterocycles. The van der Waals surface area contributed by atoms with Gasteiger partial charge in [0.1, 0.15) is 22.3 Å². The zero-order valence-electron chi connectivity index (χ0n) is 12.6. The molecule has 0 radical (unpaired) electrons. The van der Waals surface area contributed by atoms with Crippen molar-refractivity contribution in [2.24, 2.45) is 0 Å². The third-order valence-corrected chi connectivity index (χ3v) is 5.51. The largest absolute Gasteiger partial charge is 0.375 e. The highest BCUT2D eigenvalue weighted by Gasteiger charge is 2.32. The first-order valence-electron chi connectivity index (χ1n) is 7.20. The summed E-state index contributed by atoms with van der Waals surface area (Å²) >= 11 is 0. The van der Waals surface area contributed by atoms with Gasteiger partial charge in [0.2, 0.25) is 10.0 Å². The molecule has 22 heavy (non-hydrogen) atoms. The van der Waals surface area contributed by atoms with Gasteiger partial charge in [0, 0.05) is 13.1 Å². The molecule has 0 unspecified atom stereocenters. The maximum absolute atomic E-state index is 13.6. The van der Waals surface area contributed by atoms with E-state index in [1.54, 1.807) is 6.07 Å². The molecule has 1 aromatic carbocycles. The van der Waals surface area contributed by atoms with Crippen molar-refractivity contribution in [1.29, 1.82) is 5.26 Å². The molecule has 0 spiro atoms. The van der Waals surface area contributed by atoms with Crippen molar-refractivity contribution in [3.05, 3.63) is 29.6 Å². The van der Waals surface area contributed by atoms with Gasteiger partial charge in [-0.1, -0.05) is 6.07 Å². The fraction of sp³-hybridized carbons (Fsp3) is 0.533. The zero-order chi connectivity index (χ0) is 16.3. The second-order valence-corrected chi connectivity index (χ2v) is 7.42. The molecule has 2 rings (SSSR count). The van der Waals surface area contributed by atoms with Crippen LogP contribution in [0.3, 0.4) is 0 Å². The van der Waals surface area contributed by atoms with Gasteiger partial charge in [-0.25, -0.2) is 12.8 Å². The van der Waals surface area contributed by atoms with Crippen LogP contribution in [-0.2, 0) is 14.8 Å². The fourth-order valence-corrected chi connectivity index (χ4v) is 4.18. The van der Waals surface area contributed by atoms with Gasteiger partial charge >= 0.3 is 0 Å². The van der Waals surface area contributed by atoms with Crippen LogP contribution in [0.15, 0.2) is 23.1 Å². The molecule has 0 aliphatic carbocycles. The molecule has 7 heteroatoms. The smallest absolute Gasteiger partial charge is 0.244 e. The number of halogens is 1. The average Bonchev–Trinajstić information content (AvgIpc) is 2.47. The molecule has 1 aliphatic heterocycles. The molecule has 0 aromatic heterocycles. The molecular formula is C15H19FN2O3S. The van der Waals surface area contributed by atoms with Crippen LogP contribution in [0, 0.1) is 17.1 Å². The van der Waals surface area contributed by atoms with Crippen molar-refractivity contribution in [1.82, 2.24) is 4.31 Å². The Morgan fingerprint density at radius 3 is 2.55 bits per heavy atom. The maximum atomic E-state index is 13.6. The van der Waals surface area contributed by atoms with E-state index in [0.29, 0.717) is 25.9 Å². The van der Waals surface area contributed by atoms with Crippen LogP contribution in [0.2, 0.25) is 0 Å². The Morgan fingerprint density at radius 1 is 1.36 bits per heavy atom. The van der Waals surface area contributed by atoms with E-state index in [1.165, 1.54) is 16.4 Å². The third-order valence-electron chi connectivity index (χ3n) is 3.57. The minimum atomic E-state index is -3.86. The number of hydrogen-bond donors (Lipinski definition) is 0. The van der Waals surface area contributed by atoms with Gasteiger partial charge in [0.15, 0.2) is 0 Å². The summed E-state index contributed by atoms with van der Waals surface area (Å²) in [5.74, 6) is -0.818. The van der Waals surface area contributed by atoms with Gasteiger partial charge in [0.25, 0.3) is 0 Å². The summed E-state index contributed by atoms with van der Waals surface area (Å²) in [6, 6.07) is 5.30. The van der Waals surface area contributed by atoms with E-state index in [-0.39, 0.29) is 17.1 Å². The van der Waals surface area contributed by atoms with E-state index in [4.69, 9.17) is 10.00 Å². The second-order valence-electron chi connectivity index (χ2n) is 5.51. The summed E-state index contributed by atoms with van der Waals surface area (Å²) in [6.45, 7) is 4.49. The van der Waals surface area contributed by atoms with E-state index in [9.17, 15) is 12.8 Å². The molecule has 0 atom stereocenters. The predicted octanol–water partition coefficient (Wildman–Crippen LogP) is 2.28. The average molecular weight is 326 g/mol. The predicted molar refractivity (Wildman–Crippen MR) is 79.1 cm³/mol. The van der Waals surface area contributed by atoms with Gasteiger partial charge in [-0.3, -0.25) is 0 Å². The molecule has 1 fully saturated rings.